The Bertz CT molecular complexity index is 648. The SMILES string of the molecule is [B]c1ccc(-c2cccc3ccccc23)cc1. The summed E-state index contributed by atoms with van der Waals surface area (Å²) in [5.41, 5.74) is 3.26. The Balaban J connectivity index is 2.27. The standard InChI is InChI=1S/C16H11B/c17-14-10-8-13(9-11-14)16-7-3-5-12-4-1-2-6-15(12)16/h1-11H. The van der Waals surface area contributed by atoms with E-state index < -0.39 is 0 Å². The molecule has 0 aliphatic carbocycles. The highest BCUT2D eigenvalue weighted by Crippen LogP contribution is 2.27. The minimum Gasteiger partial charge on any atom is -0.0966 e. The maximum absolute atomic E-state index is 5.72. The second kappa shape index (κ2) is 4.10. The third-order valence-corrected chi connectivity index (χ3v) is 3.01. The average Bonchev–Trinajstić information content (AvgIpc) is 2.39. The van der Waals surface area contributed by atoms with Gasteiger partial charge in [0.05, 0.1) is 0 Å². The van der Waals surface area contributed by atoms with Crippen LogP contribution in [0.5, 0.6) is 0 Å². The van der Waals surface area contributed by atoms with E-state index in [0.717, 1.165) is 5.46 Å². The van der Waals surface area contributed by atoms with Crippen LogP contribution in [0.25, 0.3) is 21.9 Å². The second-order valence-corrected chi connectivity index (χ2v) is 4.15. The van der Waals surface area contributed by atoms with Crippen molar-refractivity contribution in [3.8, 4) is 11.1 Å². The lowest BCUT2D eigenvalue weighted by Crippen LogP contribution is -1.99. The zero-order chi connectivity index (χ0) is 11.7. The molecule has 0 saturated heterocycles. The van der Waals surface area contributed by atoms with Gasteiger partial charge >= 0.3 is 0 Å². The van der Waals surface area contributed by atoms with Gasteiger partial charge in [-0.05, 0) is 21.9 Å². The van der Waals surface area contributed by atoms with E-state index in [-0.39, 0.29) is 0 Å². The molecular formula is C16H11B. The molecule has 0 spiro atoms. The highest BCUT2D eigenvalue weighted by molar-refractivity contribution is 6.32. The molecule has 0 bridgehead atoms. The molecule has 3 rings (SSSR count). The number of fused-ring (bicyclic) bond motifs is 1. The van der Waals surface area contributed by atoms with Gasteiger partial charge < -0.3 is 0 Å². The number of rotatable bonds is 1. The first kappa shape index (κ1) is 10.2. The highest BCUT2D eigenvalue weighted by Gasteiger charge is 2.02. The van der Waals surface area contributed by atoms with E-state index in [1.165, 1.54) is 21.9 Å². The van der Waals surface area contributed by atoms with Gasteiger partial charge in [0.15, 0.2) is 0 Å². The first-order valence-corrected chi connectivity index (χ1v) is 5.68. The fraction of sp³-hybridized carbons (Fsp3) is 0. The maximum atomic E-state index is 5.72. The molecule has 0 heterocycles. The lowest BCUT2D eigenvalue weighted by Gasteiger charge is -2.07. The van der Waals surface area contributed by atoms with E-state index in [1.807, 2.05) is 12.1 Å². The lowest BCUT2D eigenvalue weighted by atomic mass is 9.92. The molecule has 78 valence electrons. The number of hydrogen-bond donors (Lipinski definition) is 0. The van der Waals surface area contributed by atoms with Gasteiger partial charge in [-0.2, -0.15) is 0 Å². The summed E-state index contributed by atoms with van der Waals surface area (Å²) in [6.07, 6.45) is 0. The lowest BCUT2D eigenvalue weighted by molar-refractivity contribution is 1.67. The van der Waals surface area contributed by atoms with Crippen molar-refractivity contribution in [3.05, 3.63) is 66.7 Å². The molecule has 0 N–H and O–H groups in total. The van der Waals surface area contributed by atoms with Crippen molar-refractivity contribution < 1.29 is 0 Å². The van der Waals surface area contributed by atoms with E-state index in [0.29, 0.717) is 0 Å². The predicted molar refractivity (Wildman–Crippen MR) is 74.8 cm³/mol. The van der Waals surface area contributed by atoms with Crippen molar-refractivity contribution in [2.24, 2.45) is 0 Å². The smallest absolute Gasteiger partial charge is 0.0966 e. The van der Waals surface area contributed by atoms with E-state index in [9.17, 15) is 0 Å². The van der Waals surface area contributed by atoms with Gasteiger partial charge in [0.2, 0.25) is 0 Å². The Hall–Kier alpha value is -2.02. The van der Waals surface area contributed by atoms with Crippen molar-refractivity contribution in [1.29, 1.82) is 0 Å². The minimum atomic E-state index is 0.800. The van der Waals surface area contributed by atoms with Crippen LogP contribution in [-0.4, -0.2) is 7.85 Å². The van der Waals surface area contributed by atoms with Gasteiger partial charge in [0, 0.05) is 0 Å². The fourth-order valence-corrected chi connectivity index (χ4v) is 2.14. The summed E-state index contributed by atoms with van der Waals surface area (Å²) in [4.78, 5) is 0. The molecule has 0 nitrogen and oxygen atoms in total. The van der Waals surface area contributed by atoms with Crippen molar-refractivity contribution in [2.75, 3.05) is 0 Å². The molecular weight excluding hydrogens is 203 g/mol. The normalized spacial score (nSPS) is 10.6. The molecule has 0 atom stereocenters. The largest absolute Gasteiger partial charge is 0.113 e. The van der Waals surface area contributed by atoms with Crippen LogP contribution < -0.4 is 5.46 Å². The Morgan fingerprint density at radius 1 is 0.647 bits per heavy atom. The highest BCUT2D eigenvalue weighted by atomic mass is 14.1. The molecule has 3 aromatic rings. The van der Waals surface area contributed by atoms with Gasteiger partial charge in [-0.1, -0.05) is 72.2 Å². The van der Waals surface area contributed by atoms with Gasteiger partial charge in [-0.15, -0.1) is 0 Å². The van der Waals surface area contributed by atoms with Crippen molar-refractivity contribution in [1.82, 2.24) is 0 Å². The number of hydrogen-bond acceptors (Lipinski definition) is 0. The zero-order valence-electron chi connectivity index (χ0n) is 9.43. The monoisotopic (exact) mass is 214 g/mol. The van der Waals surface area contributed by atoms with Crippen LogP contribution in [0.3, 0.4) is 0 Å². The van der Waals surface area contributed by atoms with Crippen LogP contribution >= 0.6 is 0 Å². The summed E-state index contributed by atoms with van der Waals surface area (Å²) in [6.45, 7) is 0. The van der Waals surface area contributed by atoms with E-state index in [1.54, 1.807) is 0 Å². The molecule has 17 heavy (non-hydrogen) atoms. The molecule has 0 amide bonds. The Morgan fingerprint density at radius 3 is 2.18 bits per heavy atom. The molecule has 2 radical (unpaired) electrons. The Labute approximate surface area is 102 Å². The second-order valence-electron chi connectivity index (χ2n) is 4.15. The average molecular weight is 214 g/mol. The molecule has 0 aliphatic heterocycles. The topological polar surface area (TPSA) is 0 Å². The van der Waals surface area contributed by atoms with Crippen molar-refractivity contribution in [2.45, 2.75) is 0 Å². The Kier molecular flexibility index (Phi) is 2.45. The predicted octanol–water partition coefficient (Wildman–Crippen LogP) is 3.30. The van der Waals surface area contributed by atoms with Gasteiger partial charge in [0.25, 0.3) is 0 Å². The van der Waals surface area contributed by atoms with Crippen LogP contribution in [0.15, 0.2) is 66.7 Å². The van der Waals surface area contributed by atoms with E-state index in [4.69, 9.17) is 7.85 Å². The summed E-state index contributed by atoms with van der Waals surface area (Å²) in [6, 6.07) is 22.8. The molecule has 0 aliphatic rings. The first-order chi connectivity index (χ1) is 8.34. The van der Waals surface area contributed by atoms with Crippen LogP contribution in [-0.2, 0) is 0 Å². The quantitative estimate of drug-likeness (QED) is 0.545. The van der Waals surface area contributed by atoms with Gasteiger partial charge in [0.1, 0.15) is 7.85 Å². The third-order valence-electron chi connectivity index (χ3n) is 3.01. The van der Waals surface area contributed by atoms with Gasteiger partial charge in [-0.3, -0.25) is 0 Å². The molecule has 0 unspecified atom stereocenters. The summed E-state index contributed by atoms with van der Waals surface area (Å²) in [5.74, 6) is 0. The fourth-order valence-electron chi connectivity index (χ4n) is 2.14. The maximum Gasteiger partial charge on any atom is 0.113 e. The summed E-state index contributed by atoms with van der Waals surface area (Å²) >= 11 is 0. The molecule has 0 saturated carbocycles. The third kappa shape index (κ3) is 1.85. The zero-order valence-corrected chi connectivity index (χ0v) is 9.43. The van der Waals surface area contributed by atoms with E-state index in [2.05, 4.69) is 54.6 Å². The summed E-state index contributed by atoms with van der Waals surface area (Å²) < 4.78 is 0. The van der Waals surface area contributed by atoms with Crippen LogP contribution in [0, 0.1) is 0 Å². The molecule has 3 aromatic carbocycles. The molecule has 1 heteroatoms. The van der Waals surface area contributed by atoms with Crippen molar-refractivity contribution in [3.63, 3.8) is 0 Å². The van der Waals surface area contributed by atoms with Crippen LogP contribution in [0.2, 0.25) is 0 Å². The number of benzene rings is 3. The minimum absolute atomic E-state index is 0.800. The first-order valence-electron chi connectivity index (χ1n) is 5.68. The Morgan fingerprint density at radius 2 is 1.35 bits per heavy atom. The molecule has 0 aromatic heterocycles. The van der Waals surface area contributed by atoms with Gasteiger partial charge in [-0.25, -0.2) is 0 Å². The van der Waals surface area contributed by atoms with Crippen LogP contribution in [0.1, 0.15) is 0 Å². The summed E-state index contributed by atoms with van der Waals surface area (Å²) in [7, 11) is 5.72. The van der Waals surface area contributed by atoms with Crippen LogP contribution in [0.4, 0.5) is 0 Å². The van der Waals surface area contributed by atoms with E-state index >= 15 is 0 Å². The van der Waals surface area contributed by atoms with Crippen molar-refractivity contribution >= 4 is 24.1 Å². The molecule has 0 fully saturated rings. The summed E-state index contributed by atoms with van der Waals surface area (Å²) in [5, 5.41) is 2.54.